The summed E-state index contributed by atoms with van der Waals surface area (Å²) in [6, 6.07) is 2.05. The van der Waals surface area contributed by atoms with Gasteiger partial charge in [0.25, 0.3) is 0 Å². The summed E-state index contributed by atoms with van der Waals surface area (Å²) in [4.78, 5) is 8.31. The highest BCUT2D eigenvalue weighted by Gasteiger charge is 2.03. The SMILES string of the molecule is COCC(C)NC(=S)NCc1ccnc(C)n1. The third-order valence-corrected chi connectivity index (χ3v) is 2.32. The topological polar surface area (TPSA) is 59.1 Å². The lowest BCUT2D eigenvalue weighted by Gasteiger charge is -2.15. The summed E-state index contributed by atoms with van der Waals surface area (Å²) in [5, 5.41) is 6.81. The van der Waals surface area contributed by atoms with Crippen LogP contribution in [-0.2, 0) is 11.3 Å². The number of rotatable bonds is 5. The average Bonchev–Trinajstić information content (AvgIpc) is 2.27. The van der Waals surface area contributed by atoms with Crippen LogP contribution in [0.4, 0.5) is 0 Å². The van der Waals surface area contributed by atoms with Gasteiger partial charge >= 0.3 is 0 Å². The van der Waals surface area contributed by atoms with E-state index in [9.17, 15) is 0 Å². The number of aromatic nitrogens is 2. The van der Waals surface area contributed by atoms with Crippen LogP contribution in [0.15, 0.2) is 12.3 Å². The quantitative estimate of drug-likeness (QED) is 0.758. The van der Waals surface area contributed by atoms with Crippen LogP contribution in [0.1, 0.15) is 18.4 Å². The molecular formula is C11H18N4OS. The minimum Gasteiger partial charge on any atom is -0.383 e. The summed E-state index contributed by atoms with van der Waals surface area (Å²) in [5.74, 6) is 0.760. The highest BCUT2D eigenvalue weighted by Crippen LogP contribution is 1.93. The number of aryl methyl sites for hydroxylation is 1. The van der Waals surface area contributed by atoms with Gasteiger partial charge in [0.15, 0.2) is 5.11 Å². The number of nitrogens with one attached hydrogen (secondary N) is 2. The lowest BCUT2D eigenvalue weighted by atomic mass is 10.3. The average molecular weight is 254 g/mol. The van der Waals surface area contributed by atoms with Gasteiger partial charge < -0.3 is 15.4 Å². The van der Waals surface area contributed by atoms with Gasteiger partial charge in [0.1, 0.15) is 5.82 Å². The van der Waals surface area contributed by atoms with Crippen LogP contribution in [0.5, 0.6) is 0 Å². The second-order valence-corrected chi connectivity index (χ2v) is 4.19. The van der Waals surface area contributed by atoms with Crippen molar-refractivity contribution in [1.29, 1.82) is 0 Å². The maximum absolute atomic E-state index is 5.16. The second-order valence-electron chi connectivity index (χ2n) is 3.78. The van der Waals surface area contributed by atoms with Crippen molar-refractivity contribution < 1.29 is 4.74 Å². The zero-order valence-electron chi connectivity index (χ0n) is 10.4. The highest BCUT2D eigenvalue weighted by atomic mass is 32.1. The number of ether oxygens (including phenoxy) is 1. The zero-order chi connectivity index (χ0) is 12.7. The Morgan fingerprint density at radius 1 is 1.59 bits per heavy atom. The molecule has 94 valence electrons. The predicted molar refractivity (Wildman–Crippen MR) is 70.7 cm³/mol. The molecule has 1 rings (SSSR count). The Kier molecular flexibility index (Phi) is 5.79. The standard InChI is InChI=1S/C11H18N4OS/c1-8(7-16-3)14-11(17)13-6-10-4-5-12-9(2)15-10/h4-5,8H,6-7H2,1-3H3,(H2,13,14,17). The van der Waals surface area contributed by atoms with Crippen molar-refractivity contribution in [3.8, 4) is 0 Å². The first-order valence-electron chi connectivity index (χ1n) is 5.43. The molecular weight excluding hydrogens is 236 g/mol. The normalized spacial score (nSPS) is 11.9. The van der Waals surface area contributed by atoms with Gasteiger partial charge in [-0.15, -0.1) is 0 Å². The van der Waals surface area contributed by atoms with Crippen molar-refractivity contribution in [2.75, 3.05) is 13.7 Å². The van der Waals surface area contributed by atoms with E-state index in [1.54, 1.807) is 13.3 Å². The highest BCUT2D eigenvalue weighted by molar-refractivity contribution is 7.80. The molecule has 1 heterocycles. The van der Waals surface area contributed by atoms with Gasteiger partial charge in [-0.2, -0.15) is 0 Å². The van der Waals surface area contributed by atoms with E-state index in [2.05, 4.69) is 20.6 Å². The maximum atomic E-state index is 5.16. The summed E-state index contributed by atoms with van der Waals surface area (Å²) in [5.41, 5.74) is 0.918. The third kappa shape index (κ3) is 5.55. The minimum atomic E-state index is 0.187. The summed E-state index contributed by atoms with van der Waals surface area (Å²) < 4.78 is 5.01. The second kappa shape index (κ2) is 7.13. The van der Waals surface area contributed by atoms with Crippen LogP contribution >= 0.6 is 12.2 Å². The van der Waals surface area contributed by atoms with Crippen molar-refractivity contribution in [2.45, 2.75) is 26.4 Å². The van der Waals surface area contributed by atoms with E-state index in [0.717, 1.165) is 11.5 Å². The van der Waals surface area contributed by atoms with Crippen molar-refractivity contribution >= 4 is 17.3 Å². The van der Waals surface area contributed by atoms with Gasteiger partial charge in [0.05, 0.1) is 18.8 Å². The van der Waals surface area contributed by atoms with Crippen LogP contribution < -0.4 is 10.6 Å². The molecule has 0 bridgehead atoms. The Balaban J connectivity index is 2.33. The molecule has 0 radical (unpaired) electrons. The molecule has 0 amide bonds. The number of methoxy groups -OCH3 is 1. The third-order valence-electron chi connectivity index (χ3n) is 2.06. The van der Waals surface area contributed by atoms with Gasteiger partial charge in [0, 0.05) is 19.3 Å². The van der Waals surface area contributed by atoms with Crippen LogP contribution in [0.3, 0.4) is 0 Å². The van der Waals surface area contributed by atoms with Crippen LogP contribution in [0, 0.1) is 6.92 Å². The lowest BCUT2D eigenvalue weighted by Crippen LogP contribution is -2.42. The van der Waals surface area contributed by atoms with E-state index >= 15 is 0 Å². The minimum absolute atomic E-state index is 0.187. The van der Waals surface area contributed by atoms with E-state index in [-0.39, 0.29) is 6.04 Å². The molecule has 5 nitrogen and oxygen atoms in total. The van der Waals surface area contributed by atoms with Crippen LogP contribution in [0.2, 0.25) is 0 Å². The van der Waals surface area contributed by atoms with E-state index in [1.807, 2.05) is 19.9 Å². The van der Waals surface area contributed by atoms with Gasteiger partial charge in [-0.3, -0.25) is 0 Å². The van der Waals surface area contributed by atoms with Crippen molar-refractivity contribution in [3.63, 3.8) is 0 Å². The molecule has 2 N–H and O–H groups in total. The van der Waals surface area contributed by atoms with Gasteiger partial charge in [0.2, 0.25) is 0 Å². The monoisotopic (exact) mass is 254 g/mol. The first kappa shape index (κ1) is 13.8. The Bertz CT molecular complexity index is 372. The van der Waals surface area contributed by atoms with E-state index in [0.29, 0.717) is 18.3 Å². The molecule has 0 aromatic carbocycles. The molecule has 6 heteroatoms. The first-order chi connectivity index (χ1) is 8.11. The van der Waals surface area contributed by atoms with Gasteiger partial charge in [-0.1, -0.05) is 0 Å². The van der Waals surface area contributed by atoms with E-state index in [1.165, 1.54) is 0 Å². The fourth-order valence-electron chi connectivity index (χ4n) is 1.34. The fourth-order valence-corrected chi connectivity index (χ4v) is 1.61. The van der Waals surface area contributed by atoms with Crippen molar-refractivity contribution in [3.05, 3.63) is 23.8 Å². The molecule has 17 heavy (non-hydrogen) atoms. The smallest absolute Gasteiger partial charge is 0.166 e. The molecule has 0 aliphatic heterocycles. The molecule has 0 aliphatic carbocycles. The maximum Gasteiger partial charge on any atom is 0.166 e. The number of hydrogen-bond acceptors (Lipinski definition) is 4. The van der Waals surface area contributed by atoms with E-state index < -0.39 is 0 Å². The van der Waals surface area contributed by atoms with E-state index in [4.69, 9.17) is 17.0 Å². The fraction of sp³-hybridized carbons (Fsp3) is 0.545. The molecule has 1 atom stereocenters. The molecule has 0 aliphatic rings. The lowest BCUT2D eigenvalue weighted by molar-refractivity contribution is 0.179. The predicted octanol–water partition coefficient (Wildman–Crippen LogP) is 0.784. The molecule has 1 aromatic heterocycles. The molecule has 0 saturated heterocycles. The first-order valence-corrected chi connectivity index (χ1v) is 5.84. The molecule has 1 aromatic rings. The largest absolute Gasteiger partial charge is 0.383 e. The summed E-state index contributed by atoms with van der Waals surface area (Å²) >= 11 is 5.16. The number of nitrogens with zero attached hydrogens (tertiary/aromatic N) is 2. The van der Waals surface area contributed by atoms with Crippen LogP contribution in [-0.4, -0.2) is 34.8 Å². The molecule has 0 spiro atoms. The Hall–Kier alpha value is -1.27. The molecule has 0 saturated carbocycles. The summed E-state index contributed by atoms with van der Waals surface area (Å²) in [6.07, 6.45) is 1.74. The Labute approximate surface area is 107 Å². The van der Waals surface area contributed by atoms with Gasteiger partial charge in [-0.25, -0.2) is 9.97 Å². The Morgan fingerprint density at radius 3 is 3.00 bits per heavy atom. The van der Waals surface area contributed by atoms with Gasteiger partial charge in [-0.05, 0) is 32.1 Å². The zero-order valence-corrected chi connectivity index (χ0v) is 11.2. The number of thiocarbonyl (C=S) groups is 1. The van der Waals surface area contributed by atoms with Crippen LogP contribution in [0.25, 0.3) is 0 Å². The Morgan fingerprint density at radius 2 is 2.35 bits per heavy atom. The van der Waals surface area contributed by atoms with Crippen molar-refractivity contribution in [2.24, 2.45) is 0 Å². The van der Waals surface area contributed by atoms with Crippen molar-refractivity contribution in [1.82, 2.24) is 20.6 Å². The molecule has 0 fully saturated rings. The summed E-state index contributed by atoms with van der Waals surface area (Å²) in [6.45, 7) is 5.08. The molecule has 1 unspecified atom stereocenters. The summed E-state index contributed by atoms with van der Waals surface area (Å²) in [7, 11) is 1.67. The number of hydrogen-bond donors (Lipinski definition) is 2.